The molecule has 2 aliphatic rings. The van der Waals surface area contributed by atoms with Gasteiger partial charge in [-0.15, -0.1) is 0 Å². The topological polar surface area (TPSA) is 119 Å². The molecule has 0 bridgehead atoms. The number of hydrogen-bond donors (Lipinski definition) is 1. The third kappa shape index (κ3) is 4.49. The van der Waals surface area contributed by atoms with Crippen molar-refractivity contribution in [2.24, 2.45) is 0 Å². The maximum absolute atomic E-state index is 12.8. The van der Waals surface area contributed by atoms with Crippen molar-refractivity contribution in [1.29, 1.82) is 0 Å². The molecule has 2 amide bonds. The highest BCUT2D eigenvalue weighted by Crippen LogP contribution is 2.29. The van der Waals surface area contributed by atoms with Gasteiger partial charge in [-0.2, -0.15) is 4.31 Å². The largest absolute Gasteiger partial charge is 0.455 e. The fourth-order valence-electron chi connectivity index (χ4n) is 3.48. The van der Waals surface area contributed by atoms with E-state index in [4.69, 9.17) is 9.15 Å². The number of sulfonamides is 1. The van der Waals surface area contributed by atoms with Crippen molar-refractivity contribution < 1.29 is 27.2 Å². The average Bonchev–Trinajstić information content (AvgIpc) is 3.40. The van der Waals surface area contributed by atoms with E-state index in [1.807, 2.05) is 0 Å². The van der Waals surface area contributed by atoms with Crippen LogP contribution < -0.4 is 5.32 Å². The lowest BCUT2D eigenvalue weighted by Gasteiger charge is -2.26. The van der Waals surface area contributed by atoms with Gasteiger partial charge in [0.05, 0.1) is 28.6 Å². The van der Waals surface area contributed by atoms with Crippen LogP contribution in [0.5, 0.6) is 0 Å². The Bertz CT molecular complexity index is 1490. The molecule has 1 aromatic carbocycles. The summed E-state index contributed by atoms with van der Waals surface area (Å²) < 4.78 is 38.0. The molecule has 34 heavy (non-hydrogen) atoms. The number of aromatic nitrogens is 1. The number of morpholine rings is 1. The van der Waals surface area contributed by atoms with Crippen molar-refractivity contribution >= 4 is 50.0 Å². The Kier molecular flexibility index (Phi) is 5.97. The molecule has 0 radical (unpaired) electrons. The number of pyridine rings is 1. The second kappa shape index (κ2) is 9.08. The normalized spacial score (nSPS) is 18.2. The molecule has 0 unspecified atom stereocenters. The summed E-state index contributed by atoms with van der Waals surface area (Å²) >= 11 is 0.808. The summed E-state index contributed by atoms with van der Waals surface area (Å²) in [5.74, 6) is 5.94. The maximum Gasteiger partial charge on any atom is 0.290 e. The van der Waals surface area contributed by atoms with Gasteiger partial charge in [0.25, 0.3) is 11.1 Å². The summed E-state index contributed by atoms with van der Waals surface area (Å²) in [6, 6.07) is 8.09. The lowest BCUT2D eigenvalue weighted by molar-refractivity contribution is -0.115. The molecule has 2 saturated heterocycles. The molecule has 0 atom stereocenters. The van der Waals surface area contributed by atoms with Crippen molar-refractivity contribution in [2.75, 3.05) is 26.3 Å². The minimum Gasteiger partial charge on any atom is -0.455 e. The number of thioether (sulfide) groups is 1. The molecule has 1 N–H and O–H groups in total. The lowest BCUT2D eigenvalue weighted by Crippen LogP contribution is -2.40. The predicted molar refractivity (Wildman–Crippen MR) is 125 cm³/mol. The van der Waals surface area contributed by atoms with Crippen LogP contribution >= 0.6 is 11.8 Å². The molecule has 0 aliphatic carbocycles. The molecule has 5 rings (SSSR count). The SMILES string of the molecule is O=C1NC(=O)/C(=C/c2cc3cncc(C#Cc4ccc(S(=O)(=O)N5CCOCC5)cc4)c3o2)S1. The van der Waals surface area contributed by atoms with Crippen molar-refractivity contribution in [1.82, 2.24) is 14.6 Å². The number of amides is 2. The van der Waals surface area contributed by atoms with E-state index in [9.17, 15) is 18.0 Å². The highest BCUT2D eigenvalue weighted by atomic mass is 32.2. The molecule has 0 saturated carbocycles. The molecule has 2 fully saturated rings. The second-order valence-electron chi connectivity index (χ2n) is 7.40. The van der Waals surface area contributed by atoms with Gasteiger partial charge in [-0.25, -0.2) is 8.42 Å². The minimum absolute atomic E-state index is 0.208. The standard InChI is InChI=1S/C23H17N3O6S2/c27-22-20(33-23(28)25-22)12-18-11-17-14-24-13-16(21(17)32-18)4-1-15-2-5-19(6-3-15)34(29,30)26-7-9-31-10-8-26/h2-3,5-6,11-14H,7-10H2,(H,25,27,28)/b20-12-. The summed E-state index contributed by atoms with van der Waals surface area (Å²) in [5.41, 5.74) is 1.66. The summed E-state index contributed by atoms with van der Waals surface area (Å²) in [5, 5.41) is 2.47. The number of imide groups is 1. The van der Waals surface area contributed by atoms with Gasteiger partial charge in [0.2, 0.25) is 10.0 Å². The van der Waals surface area contributed by atoms with E-state index in [0.717, 1.165) is 11.8 Å². The Balaban J connectivity index is 1.39. The van der Waals surface area contributed by atoms with Gasteiger partial charge in [0.1, 0.15) is 5.76 Å². The first kappa shape index (κ1) is 22.4. The number of furan rings is 1. The molecular formula is C23H17N3O6S2. The number of fused-ring (bicyclic) bond motifs is 1. The summed E-state index contributed by atoms with van der Waals surface area (Å²) in [4.78, 5) is 27.7. The number of hydrogen-bond acceptors (Lipinski definition) is 8. The smallest absolute Gasteiger partial charge is 0.290 e. The minimum atomic E-state index is -3.57. The quantitative estimate of drug-likeness (QED) is 0.435. The third-order valence-corrected chi connectivity index (χ3v) is 7.88. The zero-order chi connectivity index (χ0) is 23.7. The Hall–Kier alpha value is -3.43. The van der Waals surface area contributed by atoms with Crippen molar-refractivity contribution in [3.05, 3.63) is 64.5 Å². The first-order valence-electron chi connectivity index (χ1n) is 10.2. The van der Waals surface area contributed by atoms with Crippen molar-refractivity contribution in [2.45, 2.75) is 4.90 Å². The predicted octanol–water partition coefficient (Wildman–Crippen LogP) is 2.57. The highest BCUT2D eigenvalue weighted by molar-refractivity contribution is 8.18. The fraction of sp³-hybridized carbons (Fsp3) is 0.174. The van der Waals surface area contributed by atoms with E-state index in [0.29, 0.717) is 54.2 Å². The first-order chi connectivity index (χ1) is 16.4. The second-order valence-corrected chi connectivity index (χ2v) is 10.3. The van der Waals surface area contributed by atoms with Crippen LogP contribution in [-0.2, 0) is 19.6 Å². The molecule has 3 aromatic rings. The van der Waals surface area contributed by atoms with Gasteiger partial charge in [-0.1, -0.05) is 11.8 Å². The molecule has 9 nitrogen and oxygen atoms in total. The van der Waals surface area contributed by atoms with Crippen molar-refractivity contribution in [3.63, 3.8) is 0 Å². The van der Waals surface area contributed by atoms with Crippen LogP contribution in [0.1, 0.15) is 16.9 Å². The molecule has 11 heteroatoms. The van der Waals surface area contributed by atoms with E-state index in [-0.39, 0.29) is 9.80 Å². The molecule has 4 heterocycles. The highest BCUT2D eigenvalue weighted by Gasteiger charge is 2.26. The average molecular weight is 496 g/mol. The van der Waals surface area contributed by atoms with E-state index in [2.05, 4.69) is 22.1 Å². The number of carbonyl (C=O) groups is 2. The summed E-state index contributed by atoms with van der Waals surface area (Å²) in [7, 11) is -3.57. The van der Waals surface area contributed by atoms with Crippen LogP contribution in [0.2, 0.25) is 0 Å². The third-order valence-electron chi connectivity index (χ3n) is 5.16. The van der Waals surface area contributed by atoms with Crippen LogP contribution in [0.15, 0.2) is 56.9 Å². The number of rotatable bonds is 3. The Morgan fingerprint density at radius 3 is 2.56 bits per heavy atom. The van der Waals surface area contributed by atoms with E-state index >= 15 is 0 Å². The maximum atomic E-state index is 12.8. The zero-order valence-corrected chi connectivity index (χ0v) is 19.2. The van der Waals surface area contributed by atoms with E-state index in [1.54, 1.807) is 30.6 Å². The van der Waals surface area contributed by atoms with Gasteiger partial charge >= 0.3 is 0 Å². The Morgan fingerprint density at radius 1 is 1.09 bits per heavy atom. The molecule has 2 aromatic heterocycles. The molecule has 2 aliphatic heterocycles. The van der Waals surface area contributed by atoms with Crippen LogP contribution in [0.4, 0.5) is 4.79 Å². The van der Waals surface area contributed by atoms with Gasteiger partial charge in [-0.05, 0) is 42.1 Å². The molecule has 172 valence electrons. The van der Waals surface area contributed by atoms with E-state index < -0.39 is 21.2 Å². The lowest BCUT2D eigenvalue weighted by atomic mass is 10.2. The number of nitrogens with one attached hydrogen (secondary N) is 1. The van der Waals surface area contributed by atoms with E-state index in [1.165, 1.54) is 22.5 Å². The van der Waals surface area contributed by atoms with Gasteiger partial charge in [-0.3, -0.25) is 19.9 Å². The number of ether oxygens (including phenoxy) is 1. The Morgan fingerprint density at radius 2 is 1.85 bits per heavy atom. The number of carbonyl (C=O) groups excluding carboxylic acids is 2. The monoisotopic (exact) mass is 495 g/mol. The van der Waals surface area contributed by atoms with Crippen LogP contribution in [0.3, 0.4) is 0 Å². The van der Waals surface area contributed by atoms with Crippen LogP contribution in [-0.4, -0.2) is 55.2 Å². The number of benzene rings is 1. The van der Waals surface area contributed by atoms with Crippen LogP contribution in [0, 0.1) is 11.8 Å². The zero-order valence-electron chi connectivity index (χ0n) is 17.6. The van der Waals surface area contributed by atoms with Gasteiger partial charge in [0, 0.05) is 42.5 Å². The first-order valence-corrected chi connectivity index (χ1v) is 12.5. The van der Waals surface area contributed by atoms with Gasteiger partial charge < -0.3 is 9.15 Å². The molecular weight excluding hydrogens is 478 g/mol. The number of nitrogens with zero attached hydrogens (tertiary/aromatic N) is 2. The fourth-order valence-corrected chi connectivity index (χ4v) is 5.55. The summed E-state index contributed by atoms with van der Waals surface area (Å²) in [6.07, 6.45) is 4.67. The van der Waals surface area contributed by atoms with Crippen LogP contribution in [0.25, 0.3) is 17.0 Å². The summed E-state index contributed by atoms with van der Waals surface area (Å²) in [6.45, 7) is 1.45. The Labute approximate surface area is 199 Å². The van der Waals surface area contributed by atoms with Crippen molar-refractivity contribution in [3.8, 4) is 11.8 Å². The molecule has 0 spiro atoms. The van der Waals surface area contributed by atoms with Gasteiger partial charge in [0.15, 0.2) is 5.58 Å².